The van der Waals surface area contributed by atoms with Gasteiger partial charge in [-0.15, -0.1) is 0 Å². The van der Waals surface area contributed by atoms with E-state index in [-0.39, 0.29) is 0 Å². The van der Waals surface area contributed by atoms with Crippen molar-refractivity contribution in [2.45, 2.75) is 0 Å². The van der Waals surface area contributed by atoms with E-state index in [1.807, 2.05) is 18.2 Å². The molecule has 49 valence electrons. The van der Waals surface area contributed by atoms with E-state index in [4.69, 9.17) is 0 Å². The molecule has 0 aliphatic carbocycles. The molecule has 0 aromatic heterocycles. The molecular weight excluding hydrogens is 120 g/mol. The molecule has 0 aliphatic heterocycles. The first kappa shape index (κ1) is 6.81. The minimum Gasteiger partial charge on any atom is -0.0985 e. The average molecular weight is 129 g/mol. The summed E-state index contributed by atoms with van der Waals surface area (Å²) in [6.45, 7) is 7.30. The van der Waals surface area contributed by atoms with Crippen LogP contribution >= 0.6 is 0 Å². The Morgan fingerprint density at radius 3 is 2.70 bits per heavy atom. The van der Waals surface area contributed by atoms with Crippen LogP contribution < -0.4 is 0 Å². The summed E-state index contributed by atoms with van der Waals surface area (Å²) in [6.07, 6.45) is 3.58. The van der Waals surface area contributed by atoms with Crippen molar-refractivity contribution < 1.29 is 0 Å². The van der Waals surface area contributed by atoms with Crippen LogP contribution in [0.25, 0.3) is 12.2 Å². The lowest BCUT2D eigenvalue weighted by atomic mass is 10.1. The van der Waals surface area contributed by atoms with Gasteiger partial charge in [0.15, 0.2) is 0 Å². The largest absolute Gasteiger partial charge is 0.0985 e. The van der Waals surface area contributed by atoms with Crippen molar-refractivity contribution in [2.24, 2.45) is 0 Å². The molecule has 0 fully saturated rings. The highest BCUT2D eigenvalue weighted by atomic mass is 13.9. The van der Waals surface area contributed by atoms with Crippen LogP contribution in [0.4, 0.5) is 0 Å². The fraction of sp³-hybridized carbons (Fsp3) is 0. The second-order valence-electron chi connectivity index (χ2n) is 1.99. The molecule has 0 atom stereocenters. The highest BCUT2D eigenvalue weighted by molar-refractivity contribution is 5.54. The molecule has 0 N–H and O–H groups in total. The Hall–Kier alpha value is -1.30. The molecule has 1 aromatic rings. The molecule has 0 nitrogen and oxygen atoms in total. The minimum absolute atomic E-state index is 1.01. The van der Waals surface area contributed by atoms with Crippen LogP contribution in [0.15, 0.2) is 31.4 Å². The Bertz CT molecular complexity index is 223. The molecule has 1 rings (SSSR count). The van der Waals surface area contributed by atoms with Crippen molar-refractivity contribution in [3.05, 3.63) is 48.6 Å². The highest BCUT2D eigenvalue weighted by Crippen LogP contribution is 2.05. The monoisotopic (exact) mass is 129 g/mol. The van der Waals surface area contributed by atoms with Gasteiger partial charge in [0.1, 0.15) is 0 Å². The third-order valence-corrected chi connectivity index (χ3v) is 1.30. The van der Waals surface area contributed by atoms with Crippen LogP contribution in [0, 0.1) is 6.07 Å². The van der Waals surface area contributed by atoms with Crippen molar-refractivity contribution in [3.8, 4) is 0 Å². The molecule has 0 saturated heterocycles. The molecule has 10 heavy (non-hydrogen) atoms. The molecule has 0 amide bonds. The zero-order valence-corrected chi connectivity index (χ0v) is 5.80. The van der Waals surface area contributed by atoms with Crippen molar-refractivity contribution in [3.63, 3.8) is 0 Å². The maximum atomic E-state index is 3.66. The summed E-state index contributed by atoms with van der Waals surface area (Å²) in [5, 5.41) is 0. The van der Waals surface area contributed by atoms with Crippen LogP contribution in [-0.4, -0.2) is 0 Å². The molecule has 0 heteroatoms. The predicted octanol–water partition coefficient (Wildman–Crippen LogP) is 2.77. The third-order valence-electron chi connectivity index (χ3n) is 1.30. The standard InChI is InChI=1S/C10H9/c1-3-9-6-5-7-10(4-2)8-9/h3-6,8H,1-2H2. The van der Waals surface area contributed by atoms with Gasteiger partial charge in [0, 0.05) is 0 Å². The van der Waals surface area contributed by atoms with E-state index in [1.165, 1.54) is 0 Å². The van der Waals surface area contributed by atoms with Gasteiger partial charge >= 0.3 is 0 Å². The molecule has 0 unspecified atom stereocenters. The number of benzene rings is 1. The predicted molar refractivity (Wildman–Crippen MR) is 45.5 cm³/mol. The molecule has 0 saturated carbocycles. The lowest BCUT2D eigenvalue weighted by Gasteiger charge is -1.92. The quantitative estimate of drug-likeness (QED) is 0.576. The zero-order valence-electron chi connectivity index (χ0n) is 5.80. The maximum absolute atomic E-state index is 3.66. The lowest BCUT2D eigenvalue weighted by molar-refractivity contribution is 1.61. The van der Waals surface area contributed by atoms with Crippen molar-refractivity contribution in [1.82, 2.24) is 0 Å². The smallest absolute Gasteiger partial charge is 0.0105 e. The van der Waals surface area contributed by atoms with Gasteiger partial charge in [-0.1, -0.05) is 37.4 Å². The van der Waals surface area contributed by atoms with E-state index in [1.54, 1.807) is 12.2 Å². The number of rotatable bonds is 2. The molecule has 0 spiro atoms. The maximum Gasteiger partial charge on any atom is -0.0105 e. The molecule has 0 heterocycles. The van der Waals surface area contributed by atoms with Gasteiger partial charge in [-0.3, -0.25) is 0 Å². The Kier molecular flexibility index (Phi) is 2.06. The highest BCUT2D eigenvalue weighted by Gasteiger charge is 1.86. The second kappa shape index (κ2) is 3.02. The molecule has 0 bridgehead atoms. The molecule has 0 aliphatic rings. The summed E-state index contributed by atoms with van der Waals surface area (Å²) in [7, 11) is 0. The lowest BCUT2D eigenvalue weighted by Crippen LogP contribution is -1.73. The van der Waals surface area contributed by atoms with Gasteiger partial charge in [-0.2, -0.15) is 0 Å². The average Bonchev–Trinajstić information content (AvgIpc) is 2.05. The fourth-order valence-electron chi connectivity index (χ4n) is 0.748. The van der Waals surface area contributed by atoms with E-state index >= 15 is 0 Å². The molecular formula is C10H9. The van der Waals surface area contributed by atoms with E-state index < -0.39 is 0 Å². The zero-order chi connectivity index (χ0) is 7.40. The Balaban J connectivity index is 3.09. The molecule has 1 aromatic carbocycles. The first-order chi connectivity index (χ1) is 4.86. The van der Waals surface area contributed by atoms with Crippen molar-refractivity contribution in [2.75, 3.05) is 0 Å². The SMILES string of the molecule is C=Cc1[c]ccc(C=C)c1. The Morgan fingerprint density at radius 2 is 2.10 bits per heavy atom. The third kappa shape index (κ3) is 1.35. The van der Waals surface area contributed by atoms with Gasteiger partial charge in [-0.05, 0) is 23.3 Å². The normalized spacial score (nSPS) is 8.80. The number of hydrogen-bond donors (Lipinski definition) is 0. The first-order valence-corrected chi connectivity index (χ1v) is 3.13. The number of hydrogen-bond acceptors (Lipinski definition) is 0. The summed E-state index contributed by atoms with van der Waals surface area (Å²) in [5.41, 5.74) is 2.12. The van der Waals surface area contributed by atoms with E-state index in [2.05, 4.69) is 19.2 Å². The molecule has 1 radical (unpaired) electrons. The van der Waals surface area contributed by atoms with Gasteiger partial charge in [0.2, 0.25) is 0 Å². The summed E-state index contributed by atoms with van der Waals surface area (Å²) < 4.78 is 0. The van der Waals surface area contributed by atoms with E-state index in [0.29, 0.717) is 0 Å². The summed E-state index contributed by atoms with van der Waals surface area (Å²) in [4.78, 5) is 0. The topological polar surface area (TPSA) is 0 Å². The first-order valence-electron chi connectivity index (χ1n) is 3.13. The Labute approximate surface area is 61.5 Å². The second-order valence-corrected chi connectivity index (χ2v) is 1.99. The van der Waals surface area contributed by atoms with Gasteiger partial charge in [0.05, 0.1) is 0 Å². The summed E-state index contributed by atoms with van der Waals surface area (Å²) in [6, 6.07) is 8.84. The minimum atomic E-state index is 1.01. The van der Waals surface area contributed by atoms with Crippen LogP contribution in [0.3, 0.4) is 0 Å². The van der Waals surface area contributed by atoms with Gasteiger partial charge in [-0.25, -0.2) is 0 Å². The summed E-state index contributed by atoms with van der Waals surface area (Å²) >= 11 is 0. The van der Waals surface area contributed by atoms with Crippen LogP contribution in [-0.2, 0) is 0 Å². The summed E-state index contributed by atoms with van der Waals surface area (Å²) in [5.74, 6) is 0. The van der Waals surface area contributed by atoms with E-state index in [0.717, 1.165) is 11.1 Å². The van der Waals surface area contributed by atoms with E-state index in [9.17, 15) is 0 Å². The van der Waals surface area contributed by atoms with Crippen LogP contribution in [0.1, 0.15) is 11.1 Å². The Morgan fingerprint density at radius 1 is 1.30 bits per heavy atom. The van der Waals surface area contributed by atoms with Gasteiger partial charge < -0.3 is 0 Å². The van der Waals surface area contributed by atoms with Crippen molar-refractivity contribution in [1.29, 1.82) is 0 Å². The van der Waals surface area contributed by atoms with Crippen LogP contribution in [0.5, 0.6) is 0 Å². The fourth-order valence-corrected chi connectivity index (χ4v) is 0.748. The van der Waals surface area contributed by atoms with Crippen LogP contribution in [0.2, 0.25) is 0 Å². The van der Waals surface area contributed by atoms with Gasteiger partial charge in [0.25, 0.3) is 0 Å². The van der Waals surface area contributed by atoms with Crippen molar-refractivity contribution >= 4 is 12.2 Å².